The maximum Gasteiger partial charge on any atom is 0.123 e. The van der Waals surface area contributed by atoms with Gasteiger partial charge in [0, 0.05) is 12.1 Å². The number of halogens is 1. The van der Waals surface area contributed by atoms with Crippen LogP contribution in [0, 0.1) is 11.2 Å². The van der Waals surface area contributed by atoms with Crippen molar-refractivity contribution in [1.82, 2.24) is 4.90 Å². The average molecular weight is 278 g/mol. The Morgan fingerprint density at radius 3 is 2.45 bits per heavy atom. The number of hydrogen-bond donors (Lipinski definition) is 1. The van der Waals surface area contributed by atoms with Crippen LogP contribution < -0.4 is 5.73 Å². The van der Waals surface area contributed by atoms with Crippen molar-refractivity contribution in [3.63, 3.8) is 0 Å². The smallest absolute Gasteiger partial charge is 0.123 e. The summed E-state index contributed by atoms with van der Waals surface area (Å²) < 4.78 is 13.0. The summed E-state index contributed by atoms with van der Waals surface area (Å²) in [6.45, 7) is 9.09. The predicted octanol–water partition coefficient (Wildman–Crippen LogP) is 3.73. The van der Waals surface area contributed by atoms with Gasteiger partial charge in [0.05, 0.1) is 0 Å². The Morgan fingerprint density at radius 1 is 1.15 bits per heavy atom. The van der Waals surface area contributed by atoms with Crippen molar-refractivity contribution < 1.29 is 4.39 Å². The summed E-state index contributed by atoms with van der Waals surface area (Å²) in [6, 6.07) is 6.82. The Balaban J connectivity index is 2.02. The van der Waals surface area contributed by atoms with Gasteiger partial charge in [-0.05, 0) is 62.4 Å². The number of benzene rings is 1. The Labute approximate surface area is 122 Å². The predicted molar refractivity (Wildman–Crippen MR) is 82.0 cm³/mol. The molecule has 2 rings (SSSR count). The zero-order valence-corrected chi connectivity index (χ0v) is 12.9. The molecule has 1 aromatic rings. The number of nitrogens with zero attached hydrogens (tertiary/aromatic N) is 1. The lowest BCUT2D eigenvalue weighted by molar-refractivity contribution is 0.183. The fraction of sp³-hybridized carbons (Fsp3) is 0.647. The number of likely N-dealkylation sites (tertiary alicyclic amines) is 1. The molecule has 1 saturated heterocycles. The van der Waals surface area contributed by atoms with Crippen LogP contribution in [0.4, 0.5) is 4.39 Å². The van der Waals surface area contributed by atoms with Gasteiger partial charge in [0.15, 0.2) is 0 Å². The molecule has 1 heterocycles. The summed E-state index contributed by atoms with van der Waals surface area (Å²) in [4.78, 5) is 2.49. The van der Waals surface area contributed by atoms with E-state index in [0.29, 0.717) is 5.41 Å². The molecule has 1 aliphatic heterocycles. The van der Waals surface area contributed by atoms with E-state index in [4.69, 9.17) is 5.73 Å². The monoisotopic (exact) mass is 278 g/mol. The van der Waals surface area contributed by atoms with Gasteiger partial charge in [0.25, 0.3) is 0 Å². The van der Waals surface area contributed by atoms with Crippen LogP contribution in [0.5, 0.6) is 0 Å². The first-order chi connectivity index (χ1) is 9.39. The summed E-state index contributed by atoms with van der Waals surface area (Å²) in [6.07, 6.45) is 3.73. The zero-order chi connectivity index (χ0) is 14.8. The van der Waals surface area contributed by atoms with Crippen molar-refractivity contribution in [1.29, 1.82) is 0 Å². The van der Waals surface area contributed by atoms with Gasteiger partial charge < -0.3 is 5.73 Å². The molecule has 0 saturated carbocycles. The van der Waals surface area contributed by atoms with E-state index in [2.05, 4.69) is 25.7 Å². The SMILES string of the molecule is CC(C(N)c1ccc(F)cc1)N1CCCC(C)(C)CC1. The molecule has 1 aromatic carbocycles. The van der Waals surface area contributed by atoms with E-state index >= 15 is 0 Å². The third-order valence-corrected chi connectivity index (χ3v) is 4.73. The van der Waals surface area contributed by atoms with Crippen LogP contribution in [-0.2, 0) is 0 Å². The standard InChI is InChI=1S/C17H27FN2/c1-13(16(19)14-5-7-15(18)8-6-14)20-11-4-9-17(2,3)10-12-20/h5-8,13,16H,4,9-12,19H2,1-3H3. The first-order valence-corrected chi connectivity index (χ1v) is 7.64. The minimum absolute atomic E-state index is 0.0585. The van der Waals surface area contributed by atoms with Gasteiger partial charge in [0.2, 0.25) is 0 Å². The average Bonchev–Trinajstić information content (AvgIpc) is 2.59. The highest BCUT2D eigenvalue weighted by Crippen LogP contribution is 2.31. The van der Waals surface area contributed by atoms with E-state index in [1.165, 1.54) is 31.4 Å². The summed E-state index contributed by atoms with van der Waals surface area (Å²) in [5.41, 5.74) is 7.83. The number of hydrogen-bond acceptors (Lipinski definition) is 2. The molecule has 1 aliphatic rings. The maximum atomic E-state index is 13.0. The van der Waals surface area contributed by atoms with Crippen LogP contribution in [0.3, 0.4) is 0 Å². The summed E-state index contributed by atoms with van der Waals surface area (Å²) in [5.74, 6) is -0.204. The van der Waals surface area contributed by atoms with Gasteiger partial charge in [-0.15, -0.1) is 0 Å². The van der Waals surface area contributed by atoms with Crippen molar-refractivity contribution in [2.45, 2.75) is 52.1 Å². The van der Waals surface area contributed by atoms with Crippen molar-refractivity contribution >= 4 is 0 Å². The minimum Gasteiger partial charge on any atom is -0.323 e. The summed E-state index contributed by atoms with van der Waals surface area (Å²) >= 11 is 0. The molecule has 3 heteroatoms. The van der Waals surface area contributed by atoms with Crippen molar-refractivity contribution in [3.8, 4) is 0 Å². The summed E-state index contributed by atoms with van der Waals surface area (Å²) in [7, 11) is 0. The Hall–Kier alpha value is -0.930. The van der Waals surface area contributed by atoms with Gasteiger partial charge in [-0.3, -0.25) is 4.90 Å². The lowest BCUT2D eigenvalue weighted by Gasteiger charge is -2.32. The Morgan fingerprint density at radius 2 is 1.80 bits per heavy atom. The van der Waals surface area contributed by atoms with E-state index in [0.717, 1.165) is 18.7 Å². The van der Waals surface area contributed by atoms with Crippen LogP contribution in [0.25, 0.3) is 0 Å². The topological polar surface area (TPSA) is 29.3 Å². The van der Waals surface area contributed by atoms with Crippen LogP contribution in [0.15, 0.2) is 24.3 Å². The molecule has 112 valence electrons. The highest BCUT2D eigenvalue weighted by molar-refractivity contribution is 5.21. The molecule has 20 heavy (non-hydrogen) atoms. The normalized spacial score (nSPS) is 23.1. The van der Waals surface area contributed by atoms with Gasteiger partial charge in [0.1, 0.15) is 5.82 Å². The molecule has 2 N–H and O–H groups in total. The summed E-state index contributed by atoms with van der Waals surface area (Å²) in [5, 5.41) is 0. The Bertz CT molecular complexity index is 427. The second-order valence-electron chi connectivity index (χ2n) is 6.87. The zero-order valence-electron chi connectivity index (χ0n) is 12.9. The van der Waals surface area contributed by atoms with E-state index in [1.807, 2.05) is 0 Å². The first kappa shape index (κ1) is 15.5. The van der Waals surface area contributed by atoms with E-state index in [1.54, 1.807) is 12.1 Å². The van der Waals surface area contributed by atoms with Crippen molar-refractivity contribution in [2.24, 2.45) is 11.1 Å². The number of nitrogens with two attached hydrogens (primary N) is 1. The molecule has 1 fully saturated rings. The fourth-order valence-electron chi connectivity index (χ4n) is 3.04. The molecule has 0 spiro atoms. The molecule has 0 aromatic heterocycles. The van der Waals surface area contributed by atoms with Gasteiger partial charge in [-0.2, -0.15) is 0 Å². The van der Waals surface area contributed by atoms with Gasteiger partial charge >= 0.3 is 0 Å². The fourth-order valence-corrected chi connectivity index (χ4v) is 3.04. The lowest BCUT2D eigenvalue weighted by Crippen LogP contribution is -2.41. The highest BCUT2D eigenvalue weighted by Gasteiger charge is 2.28. The molecular weight excluding hydrogens is 251 g/mol. The van der Waals surface area contributed by atoms with Gasteiger partial charge in [-0.1, -0.05) is 26.0 Å². The van der Waals surface area contributed by atoms with Crippen LogP contribution in [0.2, 0.25) is 0 Å². The molecule has 2 unspecified atom stereocenters. The van der Waals surface area contributed by atoms with Crippen LogP contribution in [0.1, 0.15) is 51.6 Å². The second-order valence-corrected chi connectivity index (χ2v) is 6.87. The van der Waals surface area contributed by atoms with E-state index in [-0.39, 0.29) is 17.9 Å². The molecule has 0 aliphatic carbocycles. The molecule has 0 bridgehead atoms. The lowest BCUT2D eigenvalue weighted by atomic mass is 9.85. The van der Waals surface area contributed by atoms with E-state index in [9.17, 15) is 4.39 Å². The van der Waals surface area contributed by atoms with Crippen LogP contribution in [-0.4, -0.2) is 24.0 Å². The molecule has 2 atom stereocenters. The quantitative estimate of drug-likeness (QED) is 0.913. The molecular formula is C17H27FN2. The third kappa shape index (κ3) is 3.80. The Kier molecular flexibility index (Phi) is 4.82. The molecule has 2 nitrogen and oxygen atoms in total. The van der Waals surface area contributed by atoms with Crippen molar-refractivity contribution in [2.75, 3.05) is 13.1 Å². The third-order valence-electron chi connectivity index (χ3n) is 4.73. The molecule has 0 amide bonds. The maximum absolute atomic E-state index is 13.0. The second kappa shape index (κ2) is 6.23. The van der Waals surface area contributed by atoms with Crippen molar-refractivity contribution in [3.05, 3.63) is 35.6 Å². The highest BCUT2D eigenvalue weighted by atomic mass is 19.1. The largest absolute Gasteiger partial charge is 0.323 e. The first-order valence-electron chi connectivity index (χ1n) is 7.64. The van der Waals surface area contributed by atoms with E-state index < -0.39 is 0 Å². The van der Waals surface area contributed by atoms with Gasteiger partial charge in [-0.25, -0.2) is 4.39 Å². The minimum atomic E-state index is -0.204. The van der Waals surface area contributed by atoms with Crippen LogP contribution >= 0.6 is 0 Å². The number of rotatable bonds is 3. The molecule has 0 radical (unpaired) electrons.